The average Bonchev–Trinajstić information content (AvgIpc) is 2.76. The number of rotatable bonds is 2. The maximum atomic E-state index is 6.17. The summed E-state index contributed by atoms with van der Waals surface area (Å²) >= 11 is 0. The highest BCUT2D eigenvalue weighted by atomic mass is 15.3. The molecule has 1 aromatic rings. The lowest BCUT2D eigenvalue weighted by molar-refractivity contribution is 0.271. The summed E-state index contributed by atoms with van der Waals surface area (Å²) in [6, 6.07) is 2.11. The lowest BCUT2D eigenvalue weighted by atomic mass is 9.82. The Morgan fingerprint density at radius 2 is 1.94 bits per heavy atom. The van der Waals surface area contributed by atoms with Crippen LogP contribution in [0.15, 0.2) is 12.4 Å². The van der Waals surface area contributed by atoms with Gasteiger partial charge in [-0.05, 0) is 46.0 Å². The van der Waals surface area contributed by atoms with Crippen molar-refractivity contribution in [3.8, 4) is 0 Å². The Morgan fingerprint density at radius 1 is 1.28 bits per heavy atom. The molecule has 1 aromatic heterocycles. The van der Waals surface area contributed by atoms with Crippen LogP contribution in [0.1, 0.15) is 52.0 Å². The zero-order valence-corrected chi connectivity index (χ0v) is 11.4. The highest BCUT2D eigenvalue weighted by Gasteiger charge is 2.37. The van der Waals surface area contributed by atoms with Gasteiger partial charge in [0.15, 0.2) is 0 Å². The molecule has 0 spiro atoms. The third kappa shape index (κ3) is 2.03. The molecule has 0 radical (unpaired) electrons. The highest BCUT2D eigenvalue weighted by molar-refractivity contribution is 5.46. The van der Waals surface area contributed by atoms with Crippen LogP contribution in [0.4, 0.5) is 5.69 Å². The largest absolute Gasteiger partial charge is 0.363 e. The Bertz CT molecular complexity index is 398. The zero-order valence-electron chi connectivity index (χ0n) is 11.4. The number of hydrogen-bond acceptors (Lipinski definition) is 3. The van der Waals surface area contributed by atoms with Gasteiger partial charge in [0.2, 0.25) is 0 Å². The molecule has 100 valence electrons. The summed E-state index contributed by atoms with van der Waals surface area (Å²) < 4.78 is 2.06. The molecule has 2 fully saturated rings. The summed E-state index contributed by atoms with van der Waals surface area (Å²) in [4.78, 5) is 2.60. The maximum absolute atomic E-state index is 6.17. The standard InChI is InChI=1S/C14H24N4/c1-10(2)17-9-14(8-16-17)18-12-4-3-5-13(18)7-11(15)6-12/h8-13H,3-7,15H2,1-2H3. The molecule has 4 heteroatoms. The van der Waals surface area contributed by atoms with E-state index in [-0.39, 0.29) is 0 Å². The summed E-state index contributed by atoms with van der Waals surface area (Å²) in [5.41, 5.74) is 7.47. The first kappa shape index (κ1) is 12.0. The normalized spacial score (nSPS) is 32.0. The van der Waals surface area contributed by atoms with Crippen molar-refractivity contribution in [2.24, 2.45) is 5.73 Å². The van der Waals surface area contributed by atoms with E-state index in [0.29, 0.717) is 24.2 Å². The minimum Gasteiger partial charge on any atom is -0.363 e. The summed E-state index contributed by atoms with van der Waals surface area (Å²) in [6.07, 6.45) is 10.5. The van der Waals surface area contributed by atoms with Crippen molar-refractivity contribution in [2.45, 2.75) is 70.1 Å². The Balaban J connectivity index is 1.85. The molecule has 2 unspecified atom stereocenters. The molecule has 2 saturated heterocycles. The zero-order chi connectivity index (χ0) is 12.7. The Labute approximate surface area is 109 Å². The minimum atomic E-state index is 0.400. The first-order valence-corrected chi connectivity index (χ1v) is 7.23. The molecule has 2 atom stereocenters. The van der Waals surface area contributed by atoms with Crippen molar-refractivity contribution < 1.29 is 0 Å². The minimum absolute atomic E-state index is 0.400. The number of piperidine rings is 2. The lowest BCUT2D eigenvalue weighted by Gasteiger charge is -2.49. The van der Waals surface area contributed by atoms with Gasteiger partial charge in [0, 0.05) is 30.4 Å². The van der Waals surface area contributed by atoms with Crippen LogP contribution in [0, 0.1) is 0 Å². The van der Waals surface area contributed by atoms with Crippen molar-refractivity contribution in [1.29, 1.82) is 0 Å². The predicted molar refractivity (Wildman–Crippen MR) is 73.7 cm³/mol. The number of hydrogen-bond donors (Lipinski definition) is 1. The molecular formula is C14H24N4. The summed E-state index contributed by atoms with van der Waals surface area (Å²) in [5.74, 6) is 0. The van der Waals surface area contributed by atoms with Crippen molar-refractivity contribution in [3.63, 3.8) is 0 Å². The Morgan fingerprint density at radius 3 is 2.50 bits per heavy atom. The van der Waals surface area contributed by atoms with E-state index in [0.717, 1.165) is 12.8 Å². The van der Waals surface area contributed by atoms with Gasteiger partial charge in [-0.25, -0.2) is 0 Å². The van der Waals surface area contributed by atoms with Gasteiger partial charge in [-0.15, -0.1) is 0 Å². The van der Waals surface area contributed by atoms with Gasteiger partial charge in [-0.1, -0.05) is 0 Å². The fourth-order valence-electron chi connectivity index (χ4n) is 3.59. The van der Waals surface area contributed by atoms with E-state index in [1.807, 2.05) is 6.20 Å². The van der Waals surface area contributed by atoms with Crippen LogP contribution in [0.5, 0.6) is 0 Å². The molecule has 4 nitrogen and oxygen atoms in total. The van der Waals surface area contributed by atoms with Crippen LogP contribution in [-0.2, 0) is 0 Å². The number of anilines is 1. The van der Waals surface area contributed by atoms with Crippen molar-refractivity contribution >= 4 is 5.69 Å². The fourth-order valence-corrected chi connectivity index (χ4v) is 3.59. The van der Waals surface area contributed by atoms with Crippen molar-refractivity contribution in [1.82, 2.24) is 9.78 Å². The van der Waals surface area contributed by atoms with E-state index in [4.69, 9.17) is 5.73 Å². The SMILES string of the molecule is CC(C)n1cc(N2C3CCCC2CC(N)C3)cn1. The van der Waals surface area contributed by atoms with Gasteiger partial charge in [-0.3, -0.25) is 4.68 Å². The van der Waals surface area contributed by atoms with Gasteiger partial charge < -0.3 is 10.6 Å². The Hall–Kier alpha value is -1.03. The molecule has 2 bridgehead atoms. The number of fused-ring (bicyclic) bond motifs is 2. The molecule has 18 heavy (non-hydrogen) atoms. The van der Waals surface area contributed by atoms with Crippen LogP contribution in [-0.4, -0.2) is 27.9 Å². The molecule has 0 amide bonds. The second-order valence-electron chi connectivity index (χ2n) is 6.15. The van der Waals surface area contributed by atoms with E-state index < -0.39 is 0 Å². The summed E-state index contributed by atoms with van der Waals surface area (Å²) in [6.45, 7) is 4.34. The van der Waals surface area contributed by atoms with E-state index in [2.05, 4.69) is 34.7 Å². The average molecular weight is 248 g/mol. The van der Waals surface area contributed by atoms with E-state index in [1.165, 1.54) is 24.9 Å². The molecule has 2 N–H and O–H groups in total. The highest BCUT2D eigenvalue weighted by Crippen LogP contribution is 2.37. The first-order valence-electron chi connectivity index (χ1n) is 7.23. The van der Waals surface area contributed by atoms with Gasteiger partial charge in [0.25, 0.3) is 0 Å². The fraction of sp³-hybridized carbons (Fsp3) is 0.786. The summed E-state index contributed by atoms with van der Waals surface area (Å²) in [7, 11) is 0. The van der Waals surface area contributed by atoms with Crippen LogP contribution < -0.4 is 10.6 Å². The van der Waals surface area contributed by atoms with Crippen molar-refractivity contribution in [2.75, 3.05) is 4.90 Å². The van der Waals surface area contributed by atoms with Gasteiger partial charge in [-0.2, -0.15) is 5.10 Å². The second-order valence-corrected chi connectivity index (χ2v) is 6.15. The van der Waals surface area contributed by atoms with Crippen LogP contribution in [0.25, 0.3) is 0 Å². The molecule has 3 rings (SSSR count). The molecule has 0 aromatic carbocycles. The summed E-state index contributed by atoms with van der Waals surface area (Å²) in [5, 5.41) is 4.48. The number of nitrogens with zero attached hydrogens (tertiary/aromatic N) is 3. The van der Waals surface area contributed by atoms with Gasteiger partial charge in [0.05, 0.1) is 11.9 Å². The molecular weight excluding hydrogens is 224 g/mol. The van der Waals surface area contributed by atoms with Gasteiger partial charge >= 0.3 is 0 Å². The molecule has 2 aliphatic rings. The number of nitrogens with two attached hydrogens (primary N) is 1. The monoisotopic (exact) mass is 248 g/mol. The molecule has 0 saturated carbocycles. The maximum Gasteiger partial charge on any atom is 0.0757 e. The van der Waals surface area contributed by atoms with E-state index in [9.17, 15) is 0 Å². The topological polar surface area (TPSA) is 47.1 Å². The molecule has 2 aliphatic heterocycles. The molecule has 0 aliphatic carbocycles. The van der Waals surface area contributed by atoms with Crippen LogP contribution in [0.3, 0.4) is 0 Å². The number of aromatic nitrogens is 2. The third-order valence-corrected chi connectivity index (χ3v) is 4.43. The van der Waals surface area contributed by atoms with Crippen LogP contribution >= 0.6 is 0 Å². The van der Waals surface area contributed by atoms with E-state index in [1.54, 1.807) is 0 Å². The Kier molecular flexibility index (Phi) is 3.06. The quantitative estimate of drug-likeness (QED) is 0.873. The van der Waals surface area contributed by atoms with E-state index >= 15 is 0 Å². The predicted octanol–water partition coefficient (Wildman–Crippen LogP) is 2.31. The van der Waals surface area contributed by atoms with Gasteiger partial charge in [0.1, 0.15) is 0 Å². The third-order valence-electron chi connectivity index (χ3n) is 4.43. The smallest absolute Gasteiger partial charge is 0.0757 e. The van der Waals surface area contributed by atoms with Crippen molar-refractivity contribution in [3.05, 3.63) is 12.4 Å². The lowest BCUT2D eigenvalue weighted by Crippen LogP contribution is -2.55. The molecule has 3 heterocycles. The first-order chi connectivity index (χ1) is 8.65. The second kappa shape index (κ2) is 4.57. The van der Waals surface area contributed by atoms with Crippen LogP contribution in [0.2, 0.25) is 0 Å².